The number of hydrogen-bond acceptors (Lipinski definition) is 7. The van der Waals surface area contributed by atoms with Crippen molar-refractivity contribution in [2.75, 3.05) is 7.11 Å². The van der Waals surface area contributed by atoms with Gasteiger partial charge >= 0.3 is 5.97 Å². The van der Waals surface area contributed by atoms with E-state index in [1.54, 1.807) is 50.4 Å². The largest absolute Gasteiger partial charge is 0.497 e. The Kier molecular flexibility index (Phi) is 5.91. The van der Waals surface area contributed by atoms with E-state index in [2.05, 4.69) is 0 Å². The number of fused-ring (bicyclic) bond motifs is 1. The second-order valence-electron chi connectivity index (χ2n) is 7.35. The van der Waals surface area contributed by atoms with Crippen molar-refractivity contribution >= 4 is 23.5 Å². The van der Waals surface area contributed by atoms with E-state index in [1.807, 2.05) is 0 Å². The number of rotatable bonds is 6. The zero-order valence-corrected chi connectivity index (χ0v) is 17.9. The van der Waals surface area contributed by atoms with E-state index in [1.165, 1.54) is 30.3 Å². The number of non-ortho nitro benzene ring substituents is 1. The molecular formula is C25H19NO7. The zero-order valence-electron chi connectivity index (χ0n) is 17.9. The number of benzene rings is 3. The molecule has 0 bridgehead atoms. The summed E-state index contributed by atoms with van der Waals surface area (Å²) >= 11 is 0. The van der Waals surface area contributed by atoms with Gasteiger partial charge in [0.2, 0.25) is 5.78 Å². The van der Waals surface area contributed by atoms with Crippen LogP contribution in [0.3, 0.4) is 0 Å². The SMILES string of the molecule is COc1ccc(CC(=O)Oc2ccc3c(c2C)O/C(=C\c2ccc([N+](=O)[O-])cc2)C3=O)cc1. The Bertz CT molecular complexity index is 1280. The van der Waals surface area contributed by atoms with Gasteiger partial charge in [-0.2, -0.15) is 0 Å². The average molecular weight is 445 g/mol. The van der Waals surface area contributed by atoms with E-state index in [0.717, 1.165) is 5.56 Å². The average Bonchev–Trinajstić information content (AvgIpc) is 3.12. The van der Waals surface area contributed by atoms with Crippen LogP contribution in [-0.4, -0.2) is 23.8 Å². The fraction of sp³-hybridized carbons (Fsp3) is 0.120. The lowest BCUT2D eigenvalue weighted by Crippen LogP contribution is -2.12. The van der Waals surface area contributed by atoms with Gasteiger partial charge in [-0.15, -0.1) is 0 Å². The predicted octanol–water partition coefficient (Wildman–Crippen LogP) is 4.68. The third kappa shape index (κ3) is 4.59. The summed E-state index contributed by atoms with van der Waals surface area (Å²) in [6, 6.07) is 16.0. The molecule has 0 fully saturated rings. The van der Waals surface area contributed by atoms with Gasteiger partial charge in [0.25, 0.3) is 5.69 Å². The number of nitro benzene ring substituents is 1. The van der Waals surface area contributed by atoms with Crippen molar-refractivity contribution in [3.63, 3.8) is 0 Å². The molecule has 0 saturated heterocycles. The first-order chi connectivity index (χ1) is 15.9. The minimum atomic E-state index is -0.495. The number of ether oxygens (including phenoxy) is 3. The lowest BCUT2D eigenvalue weighted by Gasteiger charge is -2.10. The molecule has 8 heteroatoms. The normalized spacial score (nSPS) is 13.4. The number of nitrogens with zero attached hydrogens (tertiary/aromatic N) is 1. The van der Waals surface area contributed by atoms with Gasteiger partial charge in [-0.05, 0) is 60.5 Å². The van der Waals surface area contributed by atoms with Crippen LogP contribution in [0.2, 0.25) is 0 Å². The van der Waals surface area contributed by atoms with Crippen LogP contribution in [0.25, 0.3) is 6.08 Å². The number of esters is 1. The molecule has 4 rings (SSSR count). The number of hydrogen-bond donors (Lipinski definition) is 0. The van der Waals surface area contributed by atoms with E-state index in [9.17, 15) is 19.7 Å². The molecule has 0 aromatic heterocycles. The highest BCUT2D eigenvalue weighted by molar-refractivity contribution is 6.15. The van der Waals surface area contributed by atoms with Crippen molar-refractivity contribution < 1.29 is 28.7 Å². The summed E-state index contributed by atoms with van der Waals surface area (Å²) in [4.78, 5) is 35.5. The summed E-state index contributed by atoms with van der Waals surface area (Å²) in [6.45, 7) is 1.71. The second-order valence-corrected chi connectivity index (χ2v) is 7.35. The minimum absolute atomic E-state index is 0.0453. The molecule has 1 heterocycles. The molecule has 0 spiro atoms. The highest BCUT2D eigenvalue weighted by Gasteiger charge is 2.30. The van der Waals surface area contributed by atoms with Gasteiger partial charge in [-0.25, -0.2) is 0 Å². The number of methoxy groups -OCH3 is 1. The van der Waals surface area contributed by atoms with E-state index < -0.39 is 10.9 Å². The molecule has 8 nitrogen and oxygen atoms in total. The van der Waals surface area contributed by atoms with Gasteiger partial charge in [0.15, 0.2) is 5.76 Å². The van der Waals surface area contributed by atoms with Crippen LogP contribution in [0.4, 0.5) is 5.69 Å². The highest BCUT2D eigenvalue weighted by Crippen LogP contribution is 2.39. The maximum atomic E-state index is 12.7. The first-order valence-corrected chi connectivity index (χ1v) is 10.0. The van der Waals surface area contributed by atoms with Gasteiger partial charge < -0.3 is 14.2 Å². The predicted molar refractivity (Wildman–Crippen MR) is 120 cm³/mol. The van der Waals surface area contributed by atoms with Crippen LogP contribution in [-0.2, 0) is 11.2 Å². The fourth-order valence-corrected chi connectivity index (χ4v) is 3.39. The molecule has 0 unspecified atom stereocenters. The van der Waals surface area contributed by atoms with E-state index >= 15 is 0 Å². The molecule has 3 aromatic rings. The van der Waals surface area contributed by atoms with E-state index in [-0.39, 0.29) is 23.7 Å². The second kappa shape index (κ2) is 8.96. The molecule has 3 aromatic carbocycles. The molecule has 0 atom stereocenters. The summed E-state index contributed by atoms with van der Waals surface area (Å²) in [6.07, 6.45) is 1.59. The van der Waals surface area contributed by atoms with Crippen LogP contribution in [0, 0.1) is 17.0 Å². The lowest BCUT2D eigenvalue weighted by molar-refractivity contribution is -0.384. The maximum Gasteiger partial charge on any atom is 0.315 e. The van der Waals surface area contributed by atoms with E-state index in [0.29, 0.717) is 33.9 Å². The Morgan fingerprint density at radius 1 is 1.06 bits per heavy atom. The number of carbonyl (C=O) groups excluding carboxylic acids is 2. The maximum absolute atomic E-state index is 12.7. The summed E-state index contributed by atoms with van der Waals surface area (Å²) in [5.41, 5.74) is 2.20. The standard InChI is InChI=1S/C25H19NO7/c1-15-21(32-23(27)14-17-5-9-19(31-2)10-6-17)12-11-20-24(28)22(33-25(15)20)13-16-3-7-18(8-4-16)26(29)30/h3-13H,14H2,1-2H3/b22-13-. The summed E-state index contributed by atoms with van der Waals surface area (Å²) in [5.74, 6) is 0.640. The molecule has 0 amide bonds. The highest BCUT2D eigenvalue weighted by atomic mass is 16.6. The third-order valence-electron chi connectivity index (χ3n) is 5.17. The Morgan fingerprint density at radius 2 is 1.76 bits per heavy atom. The van der Waals surface area contributed by atoms with Crippen LogP contribution in [0.15, 0.2) is 66.4 Å². The first kappa shape index (κ1) is 21.8. The Morgan fingerprint density at radius 3 is 2.39 bits per heavy atom. The van der Waals surface area contributed by atoms with Crippen molar-refractivity contribution in [2.45, 2.75) is 13.3 Å². The van der Waals surface area contributed by atoms with Crippen molar-refractivity contribution in [3.05, 3.63) is 98.8 Å². The van der Waals surface area contributed by atoms with Gasteiger partial charge in [0.05, 0.1) is 24.0 Å². The Hall–Kier alpha value is -4.46. The van der Waals surface area contributed by atoms with E-state index in [4.69, 9.17) is 14.2 Å². The first-order valence-electron chi connectivity index (χ1n) is 10.0. The number of Topliss-reactive ketones (excluding diaryl/α,β-unsaturated/α-hetero) is 1. The molecule has 166 valence electrons. The summed E-state index contributed by atoms with van der Waals surface area (Å²) < 4.78 is 16.4. The van der Waals surface area contributed by atoms with Gasteiger partial charge in [0, 0.05) is 17.7 Å². The van der Waals surface area contributed by atoms with Crippen LogP contribution < -0.4 is 14.2 Å². The molecule has 33 heavy (non-hydrogen) atoms. The molecule has 0 radical (unpaired) electrons. The van der Waals surface area contributed by atoms with Crippen molar-refractivity contribution in [3.8, 4) is 17.2 Å². The van der Waals surface area contributed by atoms with Crippen LogP contribution in [0.1, 0.15) is 27.0 Å². The minimum Gasteiger partial charge on any atom is -0.497 e. The third-order valence-corrected chi connectivity index (χ3v) is 5.17. The number of ketones is 1. The molecule has 1 aliphatic rings. The smallest absolute Gasteiger partial charge is 0.315 e. The number of allylic oxidation sites excluding steroid dienone is 1. The monoisotopic (exact) mass is 445 g/mol. The topological polar surface area (TPSA) is 105 Å². The molecule has 0 saturated carbocycles. The van der Waals surface area contributed by atoms with Gasteiger partial charge in [-0.1, -0.05) is 12.1 Å². The van der Waals surface area contributed by atoms with Crippen molar-refractivity contribution in [2.24, 2.45) is 0 Å². The molecular weight excluding hydrogens is 426 g/mol. The Balaban J connectivity index is 1.50. The number of carbonyl (C=O) groups is 2. The molecule has 0 N–H and O–H groups in total. The van der Waals surface area contributed by atoms with Gasteiger partial charge in [0.1, 0.15) is 17.2 Å². The molecule has 0 aliphatic carbocycles. The fourth-order valence-electron chi connectivity index (χ4n) is 3.39. The Labute approximate surface area is 189 Å². The van der Waals surface area contributed by atoms with Crippen LogP contribution in [0.5, 0.6) is 17.2 Å². The van der Waals surface area contributed by atoms with Crippen LogP contribution >= 0.6 is 0 Å². The van der Waals surface area contributed by atoms with Crippen molar-refractivity contribution in [1.29, 1.82) is 0 Å². The van der Waals surface area contributed by atoms with Crippen molar-refractivity contribution in [1.82, 2.24) is 0 Å². The quantitative estimate of drug-likeness (QED) is 0.178. The molecule has 1 aliphatic heterocycles. The van der Waals surface area contributed by atoms with Gasteiger partial charge in [-0.3, -0.25) is 19.7 Å². The lowest BCUT2D eigenvalue weighted by atomic mass is 10.1. The summed E-state index contributed by atoms with van der Waals surface area (Å²) in [7, 11) is 1.57. The summed E-state index contributed by atoms with van der Waals surface area (Å²) in [5, 5.41) is 10.8. The zero-order chi connectivity index (χ0) is 23.5. The number of nitro groups is 1.